The number of nitrogens with zero attached hydrogens (tertiary/aromatic N) is 4. The molecule has 118 valence electrons. The average molecular weight is 325 g/mol. The molecule has 1 aliphatic heterocycles. The summed E-state index contributed by atoms with van der Waals surface area (Å²) >= 11 is 5.04. The number of hydrogen-bond donors (Lipinski definition) is 1. The van der Waals surface area contributed by atoms with E-state index < -0.39 is 0 Å². The molecule has 2 N–H and O–H groups in total. The van der Waals surface area contributed by atoms with Crippen LogP contribution < -0.4 is 5.73 Å². The maximum Gasteiger partial charge on any atom is 0.119 e. The molecule has 0 saturated carbocycles. The summed E-state index contributed by atoms with van der Waals surface area (Å²) in [5.41, 5.74) is 13.4. The fraction of sp³-hybridized carbons (Fsp3) is 0.294. The molecule has 2 aromatic heterocycles. The molecule has 0 fully saturated rings. The van der Waals surface area contributed by atoms with Crippen LogP contribution in [0, 0.1) is 19.8 Å². The van der Waals surface area contributed by atoms with Gasteiger partial charge in [-0.1, -0.05) is 19.1 Å². The Morgan fingerprint density at radius 1 is 1.35 bits per heavy atom. The van der Waals surface area contributed by atoms with Crippen molar-refractivity contribution in [3.8, 4) is 11.1 Å². The lowest BCUT2D eigenvalue weighted by Crippen LogP contribution is -2.16. The first kappa shape index (κ1) is 15.6. The first-order chi connectivity index (χ1) is 11.0. The number of aliphatic imine (C=N–C) groups is 1. The molecule has 3 heterocycles. The zero-order chi connectivity index (χ0) is 16.6. The Bertz CT molecular complexity index is 832. The molecule has 1 aliphatic rings. The summed E-state index contributed by atoms with van der Waals surface area (Å²) in [6.45, 7) is 6.19. The van der Waals surface area contributed by atoms with E-state index in [-0.39, 0.29) is 0 Å². The molecular weight excluding hydrogens is 306 g/mol. The third kappa shape index (κ3) is 2.94. The molecular formula is C17H19N5S. The number of aryl methyl sites for hydroxylation is 1. The summed E-state index contributed by atoms with van der Waals surface area (Å²) in [6, 6.07) is 2.00. The molecule has 5 nitrogen and oxygen atoms in total. The van der Waals surface area contributed by atoms with Crippen molar-refractivity contribution in [2.24, 2.45) is 16.6 Å². The highest BCUT2D eigenvalue weighted by Crippen LogP contribution is 2.30. The van der Waals surface area contributed by atoms with E-state index in [1.807, 2.05) is 31.5 Å². The van der Waals surface area contributed by atoms with E-state index >= 15 is 0 Å². The molecule has 0 bridgehead atoms. The minimum atomic E-state index is 0.341. The van der Waals surface area contributed by atoms with E-state index in [0.29, 0.717) is 11.7 Å². The highest BCUT2D eigenvalue weighted by Gasteiger charge is 2.21. The summed E-state index contributed by atoms with van der Waals surface area (Å²) in [4.78, 5) is 8.85. The van der Waals surface area contributed by atoms with E-state index in [2.05, 4.69) is 28.9 Å². The number of nitrogens with two attached hydrogens (primary N) is 1. The van der Waals surface area contributed by atoms with Gasteiger partial charge >= 0.3 is 0 Å². The molecule has 23 heavy (non-hydrogen) atoms. The van der Waals surface area contributed by atoms with Crippen molar-refractivity contribution in [2.75, 3.05) is 0 Å². The second-order valence-electron chi connectivity index (χ2n) is 5.88. The lowest BCUT2D eigenvalue weighted by atomic mass is 9.94. The summed E-state index contributed by atoms with van der Waals surface area (Å²) in [7, 11) is 0. The highest BCUT2D eigenvalue weighted by molar-refractivity contribution is 7.78. The summed E-state index contributed by atoms with van der Waals surface area (Å²) in [5.74, 6) is 0.887. The summed E-state index contributed by atoms with van der Waals surface area (Å²) < 4.78 is 1.65. The Labute approximate surface area is 140 Å². The Morgan fingerprint density at radius 3 is 2.83 bits per heavy atom. The van der Waals surface area contributed by atoms with E-state index in [0.717, 1.165) is 40.2 Å². The Hall–Kier alpha value is -2.34. The van der Waals surface area contributed by atoms with Gasteiger partial charge < -0.3 is 5.73 Å². The van der Waals surface area contributed by atoms with Crippen LogP contribution in [0.5, 0.6) is 0 Å². The Morgan fingerprint density at radius 2 is 2.13 bits per heavy atom. The number of allylic oxidation sites excluding steroid dienone is 1. The minimum absolute atomic E-state index is 0.341. The first-order valence-corrected chi connectivity index (χ1v) is 7.99. The average Bonchev–Trinajstić information content (AvgIpc) is 2.93. The van der Waals surface area contributed by atoms with Gasteiger partial charge in [-0.25, -0.2) is 9.67 Å². The van der Waals surface area contributed by atoms with Gasteiger partial charge in [0.05, 0.1) is 11.2 Å². The summed E-state index contributed by atoms with van der Waals surface area (Å²) in [5, 5.41) is 4.59. The van der Waals surface area contributed by atoms with Gasteiger partial charge in [0.2, 0.25) is 0 Å². The van der Waals surface area contributed by atoms with E-state index in [9.17, 15) is 0 Å². The number of thiocarbonyl (C=S) groups is 1. The van der Waals surface area contributed by atoms with Crippen molar-refractivity contribution in [1.29, 1.82) is 0 Å². The van der Waals surface area contributed by atoms with Crippen molar-refractivity contribution in [2.45, 2.75) is 27.2 Å². The summed E-state index contributed by atoms with van der Waals surface area (Å²) in [6.07, 6.45) is 6.54. The Kier molecular flexibility index (Phi) is 4.09. The molecule has 3 rings (SSSR count). The second-order valence-corrected chi connectivity index (χ2v) is 6.09. The zero-order valence-corrected chi connectivity index (χ0v) is 14.3. The molecule has 1 atom stereocenters. The van der Waals surface area contributed by atoms with Crippen LogP contribution in [-0.4, -0.2) is 26.0 Å². The molecule has 2 aromatic rings. The molecule has 1 unspecified atom stereocenters. The fourth-order valence-corrected chi connectivity index (χ4v) is 2.94. The predicted molar refractivity (Wildman–Crippen MR) is 96.6 cm³/mol. The van der Waals surface area contributed by atoms with Gasteiger partial charge in [0.15, 0.2) is 0 Å². The smallest absolute Gasteiger partial charge is 0.119 e. The van der Waals surface area contributed by atoms with Crippen LogP contribution in [0.4, 0.5) is 0 Å². The van der Waals surface area contributed by atoms with E-state index in [4.69, 9.17) is 18.0 Å². The third-order valence-corrected chi connectivity index (χ3v) is 4.31. The largest absolute Gasteiger partial charge is 0.384 e. The molecule has 0 saturated heterocycles. The van der Waals surface area contributed by atoms with Crippen molar-refractivity contribution >= 4 is 23.4 Å². The number of pyridine rings is 1. The van der Waals surface area contributed by atoms with Gasteiger partial charge in [-0.15, -0.1) is 0 Å². The molecule has 6 heteroatoms. The molecule has 0 aliphatic carbocycles. The number of hydrogen-bond acceptors (Lipinski definition) is 5. The maximum atomic E-state index is 5.94. The molecule has 0 amide bonds. The maximum absolute atomic E-state index is 5.94. The molecule has 0 radical (unpaired) electrons. The standard InChI is InChI=1S/C17H19N5S/c1-10-6-15(20-16(18)7-10)17-14(8-22(9-23)21-17)13-4-5-19-12(3)11(13)2/h4-5,7-10H,6,18H2,1-3H3. The topological polar surface area (TPSA) is 69.1 Å². The van der Waals surface area contributed by atoms with Gasteiger partial charge in [0.25, 0.3) is 0 Å². The van der Waals surface area contributed by atoms with Crippen LogP contribution in [0.2, 0.25) is 0 Å². The van der Waals surface area contributed by atoms with Crippen LogP contribution in [0.15, 0.2) is 35.3 Å². The monoisotopic (exact) mass is 325 g/mol. The predicted octanol–water partition coefficient (Wildman–Crippen LogP) is 3.00. The van der Waals surface area contributed by atoms with Crippen molar-refractivity contribution < 1.29 is 0 Å². The lowest BCUT2D eigenvalue weighted by molar-refractivity contribution is 0.739. The van der Waals surface area contributed by atoms with Crippen LogP contribution in [0.3, 0.4) is 0 Å². The fourth-order valence-electron chi connectivity index (χ4n) is 2.83. The lowest BCUT2D eigenvalue weighted by Gasteiger charge is -2.16. The van der Waals surface area contributed by atoms with Gasteiger partial charge in [-0.2, -0.15) is 5.10 Å². The third-order valence-electron chi connectivity index (χ3n) is 4.09. The highest BCUT2D eigenvalue weighted by atomic mass is 32.1. The van der Waals surface area contributed by atoms with Crippen LogP contribution in [0.25, 0.3) is 11.1 Å². The minimum Gasteiger partial charge on any atom is -0.384 e. The van der Waals surface area contributed by atoms with Gasteiger partial charge in [0.1, 0.15) is 11.5 Å². The van der Waals surface area contributed by atoms with E-state index in [1.165, 1.54) is 5.49 Å². The van der Waals surface area contributed by atoms with Crippen LogP contribution in [0.1, 0.15) is 30.3 Å². The van der Waals surface area contributed by atoms with Crippen molar-refractivity contribution in [3.05, 3.63) is 47.3 Å². The van der Waals surface area contributed by atoms with Crippen molar-refractivity contribution in [1.82, 2.24) is 14.8 Å². The molecule has 0 spiro atoms. The van der Waals surface area contributed by atoms with Gasteiger partial charge in [-0.3, -0.25) is 4.98 Å². The first-order valence-electron chi connectivity index (χ1n) is 7.52. The number of aromatic nitrogens is 3. The second kappa shape index (κ2) is 6.04. The normalized spacial score (nSPS) is 17.6. The zero-order valence-electron chi connectivity index (χ0n) is 13.4. The van der Waals surface area contributed by atoms with Gasteiger partial charge in [-0.05, 0) is 49.5 Å². The van der Waals surface area contributed by atoms with Gasteiger partial charge in [0, 0.05) is 23.7 Å². The number of rotatable bonds is 3. The quantitative estimate of drug-likeness (QED) is 0.881. The molecule has 0 aromatic carbocycles. The van der Waals surface area contributed by atoms with Crippen molar-refractivity contribution in [3.63, 3.8) is 0 Å². The SMILES string of the molecule is Cc1nccc(-c2cn(C=S)nc2C2=NC(N)=CC(C)C2)c1C. The van der Waals surface area contributed by atoms with Crippen LogP contribution in [-0.2, 0) is 0 Å². The van der Waals surface area contributed by atoms with E-state index in [1.54, 1.807) is 4.68 Å². The van der Waals surface area contributed by atoms with Crippen LogP contribution >= 0.6 is 12.2 Å². The Balaban J connectivity index is 2.19.